The van der Waals surface area contributed by atoms with Gasteiger partial charge in [0, 0.05) is 38.3 Å². The normalized spacial score (nSPS) is 13.4. The van der Waals surface area contributed by atoms with Crippen molar-refractivity contribution < 1.29 is 38.8 Å². The van der Waals surface area contributed by atoms with E-state index >= 15 is 0 Å². The summed E-state index contributed by atoms with van der Waals surface area (Å²) in [4.78, 5) is 35.5. The van der Waals surface area contributed by atoms with Crippen molar-refractivity contribution in [3.63, 3.8) is 0 Å². The Kier molecular flexibility index (Phi) is 9.69. The van der Waals surface area contributed by atoms with Gasteiger partial charge in [-0.3, -0.25) is 9.69 Å². The summed E-state index contributed by atoms with van der Waals surface area (Å²) in [5, 5.41) is 14.8. The van der Waals surface area contributed by atoms with E-state index in [4.69, 9.17) is 34.0 Å². The molecule has 184 valence electrons. The van der Waals surface area contributed by atoms with Gasteiger partial charge in [-0.05, 0) is 24.6 Å². The first-order valence-electron chi connectivity index (χ1n) is 10.5. The molecule has 0 bridgehead atoms. The quantitative estimate of drug-likeness (QED) is 0.606. The Morgan fingerprint density at radius 2 is 1.41 bits per heavy atom. The van der Waals surface area contributed by atoms with Crippen molar-refractivity contribution in [3.05, 3.63) is 53.1 Å². The maximum absolute atomic E-state index is 13.0. The Labute approximate surface area is 198 Å². The highest BCUT2D eigenvalue weighted by molar-refractivity contribution is 6.27. The van der Waals surface area contributed by atoms with E-state index < -0.39 is 11.9 Å². The molecule has 0 unspecified atom stereocenters. The number of benzene rings is 2. The predicted octanol–water partition coefficient (Wildman–Crippen LogP) is 2.13. The molecule has 34 heavy (non-hydrogen) atoms. The number of piperazine rings is 1. The second-order valence-corrected chi connectivity index (χ2v) is 7.58. The number of hydrogen-bond acceptors (Lipinski definition) is 7. The molecule has 2 N–H and O–H groups in total. The molecule has 1 heterocycles. The van der Waals surface area contributed by atoms with Crippen molar-refractivity contribution in [2.75, 3.05) is 47.5 Å². The number of carbonyl (C=O) groups is 3. The molecule has 1 fully saturated rings. The Morgan fingerprint density at radius 3 is 1.85 bits per heavy atom. The summed E-state index contributed by atoms with van der Waals surface area (Å²) in [7, 11) is 4.65. The Hall–Kier alpha value is -3.79. The van der Waals surface area contributed by atoms with Crippen LogP contribution in [0.4, 0.5) is 0 Å². The first kappa shape index (κ1) is 26.5. The van der Waals surface area contributed by atoms with Crippen LogP contribution in [0.2, 0.25) is 0 Å². The van der Waals surface area contributed by atoms with Gasteiger partial charge in [0.2, 0.25) is 5.75 Å². The molecular formula is C24H30N2O8. The smallest absolute Gasteiger partial charge is 0.414 e. The zero-order chi connectivity index (χ0) is 25.3. The van der Waals surface area contributed by atoms with Gasteiger partial charge in [0.05, 0.1) is 21.3 Å². The molecule has 10 heteroatoms. The summed E-state index contributed by atoms with van der Waals surface area (Å²) >= 11 is 0. The minimum atomic E-state index is -1.82. The summed E-state index contributed by atoms with van der Waals surface area (Å²) < 4.78 is 16.1. The maximum atomic E-state index is 13.0. The first-order valence-corrected chi connectivity index (χ1v) is 10.5. The van der Waals surface area contributed by atoms with Crippen molar-refractivity contribution in [2.24, 2.45) is 0 Å². The van der Waals surface area contributed by atoms with Crippen LogP contribution in [-0.2, 0) is 16.1 Å². The SMILES string of the molecule is COc1cc(C(=O)N2CCN(Cc3cccc(C)c3)CC2)cc(OC)c1OC.O=C(O)C(=O)O. The van der Waals surface area contributed by atoms with Gasteiger partial charge in [0.1, 0.15) is 0 Å². The molecule has 0 saturated carbocycles. The molecule has 0 atom stereocenters. The van der Waals surface area contributed by atoms with Crippen molar-refractivity contribution in [2.45, 2.75) is 13.5 Å². The number of hydrogen-bond donors (Lipinski definition) is 2. The molecule has 0 aliphatic carbocycles. The second-order valence-electron chi connectivity index (χ2n) is 7.58. The molecule has 1 aliphatic heterocycles. The van der Waals surface area contributed by atoms with Gasteiger partial charge in [-0.2, -0.15) is 0 Å². The molecular weight excluding hydrogens is 444 g/mol. The molecule has 0 aromatic heterocycles. The van der Waals surface area contributed by atoms with Gasteiger partial charge in [-0.1, -0.05) is 29.8 Å². The number of nitrogens with zero attached hydrogens (tertiary/aromatic N) is 2. The molecule has 10 nitrogen and oxygen atoms in total. The van der Waals surface area contributed by atoms with Gasteiger partial charge >= 0.3 is 11.9 Å². The highest BCUT2D eigenvalue weighted by atomic mass is 16.5. The van der Waals surface area contributed by atoms with Crippen LogP contribution in [0.25, 0.3) is 0 Å². The minimum absolute atomic E-state index is 0.0190. The van der Waals surface area contributed by atoms with Crippen LogP contribution in [0.3, 0.4) is 0 Å². The standard InChI is InChI=1S/C22H28N2O4.C2H2O4/c1-16-6-5-7-17(12-16)15-23-8-10-24(11-9-23)22(25)18-13-19(26-2)21(28-4)20(14-18)27-3;3-1(4)2(5)6/h5-7,12-14H,8-11,15H2,1-4H3;(H,3,4)(H,5,6). The molecule has 0 spiro atoms. The third-order valence-corrected chi connectivity index (χ3v) is 5.24. The number of rotatable bonds is 6. The van der Waals surface area contributed by atoms with Gasteiger partial charge in [-0.25, -0.2) is 9.59 Å². The van der Waals surface area contributed by atoms with Crippen LogP contribution < -0.4 is 14.2 Å². The Balaban J connectivity index is 0.000000604. The van der Waals surface area contributed by atoms with Gasteiger partial charge in [0.25, 0.3) is 5.91 Å². The number of ether oxygens (including phenoxy) is 3. The highest BCUT2D eigenvalue weighted by Gasteiger charge is 2.24. The van der Waals surface area contributed by atoms with E-state index in [1.165, 1.54) is 11.1 Å². The van der Waals surface area contributed by atoms with Crippen LogP contribution in [0.5, 0.6) is 17.2 Å². The Morgan fingerprint density at radius 1 is 0.853 bits per heavy atom. The Bertz CT molecular complexity index is 979. The van der Waals surface area contributed by atoms with Crippen molar-refractivity contribution in [1.82, 2.24) is 9.80 Å². The van der Waals surface area contributed by atoms with E-state index in [9.17, 15) is 4.79 Å². The van der Waals surface area contributed by atoms with Crippen LogP contribution in [0.1, 0.15) is 21.5 Å². The highest BCUT2D eigenvalue weighted by Crippen LogP contribution is 2.38. The summed E-state index contributed by atoms with van der Waals surface area (Å²) in [6.45, 7) is 6.11. The monoisotopic (exact) mass is 474 g/mol. The van der Waals surface area contributed by atoms with Gasteiger partial charge in [-0.15, -0.1) is 0 Å². The van der Waals surface area contributed by atoms with E-state index in [-0.39, 0.29) is 5.91 Å². The summed E-state index contributed by atoms with van der Waals surface area (Å²) in [6.07, 6.45) is 0. The molecule has 2 aromatic rings. The van der Waals surface area contributed by atoms with E-state index in [0.29, 0.717) is 35.9 Å². The summed E-state index contributed by atoms with van der Waals surface area (Å²) in [5.41, 5.74) is 3.12. The zero-order valence-electron chi connectivity index (χ0n) is 19.7. The molecule has 3 rings (SSSR count). The minimum Gasteiger partial charge on any atom is -0.493 e. The van der Waals surface area contributed by atoms with Crippen molar-refractivity contribution >= 4 is 17.8 Å². The summed E-state index contributed by atoms with van der Waals surface area (Å²) in [5.74, 6) is -2.20. The molecule has 2 aromatic carbocycles. The van der Waals surface area contributed by atoms with E-state index in [1.807, 2.05) is 4.90 Å². The average molecular weight is 475 g/mol. The van der Waals surface area contributed by atoms with Crippen LogP contribution >= 0.6 is 0 Å². The van der Waals surface area contributed by atoms with Crippen LogP contribution in [-0.4, -0.2) is 85.4 Å². The number of amides is 1. The maximum Gasteiger partial charge on any atom is 0.414 e. The van der Waals surface area contributed by atoms with Crippen molar-refractivity contribution in [1.29, 1.82) is 0 Å². The van der Waals surface area contributed by atoms with E-state index in [1.54, 1.807) is 33.5 Å². The lowest BCUT2D eigenvalue weighted by molar-refractivity contribution is -0.159. The van der Waals surface area contributed by atoms with Gasteiger partial charge < -0.3 is 29.3 Å². The van der Waals surface area contributed by atoms with E-state index in [2.05, 4.69) is 36.1 Å². The fourth-order valence-corrected chi connectivity index (χ4v) is 3.56. The topological polar surface area (TPSA) is 126 Å². The average Bonchev–Trinajstić information content (AvgIpc) is 2.83. The van der Waals surface area contributed by atoms with Crippen molar-refractivity contribution in [3.8, 4) is 17.2 Å². The lowest BCUT2D eigenvalue weighted by Gasteiger charge is -2.35. The predicted molar refractivity (Wildman–Crippen MR) is 124 cm³/mol. The number of carbonyl (C=O) groups excluding carboxylic acids is 1. The fraction of sp³-hybridized carbons (Fsp3) is 0.375. The largest absolute Gasteiger partial charge is 0.493 e. The van der Waals surface area contributed by atoms with Crippen LogP contribution in [0.15, 0.2) is 36.4 Å². The third kappa shape index (κ3) is 7.11. The molecule has 1 saturated heterocycles. The fourth-order valence-electron chi connectivity index (χ4n) is 3.56. The number of aryl methyl sites for hydroxylation is 1. The van der Waals surface area contributed by atoms with Gasteiger partial charge in [0.15, 0.2) is 11.5 Å². The molecule has 1 amide bonds. The lowest BCUT2D eigenvalue weighted by atomic mass is 10.1. The second kappa shape index (κ2) is 12.4. The molecule has 1 aliphatic rings. The first-order chi connectivity index (χ1) is 16.2. The number of aliphatic carboxylic acids is 2. The number of carboxylic acid groups (broad SMARTS) is 2. The lowest BCUT2D eigenvalue weighted by Crippen LogP contribution is -2.48. The zero-order valence-corrected chi connectivity index (χ0v) is 19.7. The van der Waals surface area contributed by atoms with E-state index in [0.717, 1.165) is 19.6 Å². The number of methoxy groups -OCH3 is 3. The summed E-state index contributed by atoms with van der Waals surface area (Å²) in [6, 6.07) is 12.0. The molecule has 0 radical (unpaired) electrons. The third-order valence-electron chi connectivity index (χ3n) is 5.24. The van der Waals surface area contributed by atoms with Crippen LogP contribution in [0, 0.1) is 6.92 Å². The number of carboxylic acids is 2.